The molecule has 148 valence electrons. The Hall–Kier alpha value is -1.35. The molecule has 1 amide bonds. The predicted octanol–water partition coefficient (Wildman–Crippen LogP) is 4.82. The van der Waals surface area contributed by atoms with E-state index in [0.717, 1.165) is 25.2 Å². The standard InChI is InChI=1S/C24H36N2O/c1-18(2)11-14-26-15-12-24(13-16-26)17-22(20-9-5-6-10-21(20)24)25-23(27)19-7-3-4-8-19/h5-6,9-10,18-19,22H,3-4,7-8,11-17H2,1-2H3,(H,25,27)/t22-/m0/s1. The summed E-state index contributed by atoms with van der Waals surface area (Å²) in [4.78, 5) is 15.4. The molecule has 1 N–H and O–H groups in total. The minimum absolute atomic E-state index is 0.219. The van der Waals surface area contributed by atoms with Crippen molar-refractivity contribution in [2.75, 3.05) is 19.6 Å². The van der Waals surface area contributed by atoms with E-state index in [9.17, 15) is 4.79 Å². The van der Waals surface area contributed by atoms with Gasteiger partial charge in [-0.3, -0.25) is 4.79 Å². The number of amides is 1. The van der Waals surface area contributed by atoms with Gasteiger partial charge in [-0.2, -0.15) is 0 Å². The maximum absolute atomic E-state index is 12.8. The normalized spacial score (nSPS) is 25.2. The Labute approximate surface area is 164 Å². The molecule has 2 aliphatic carbocycles. The van der Waals surface area contributed by atoms with Crippen LogP contribution in [0.1, 0.15) is 82.4 Å². The highest BCUT2D eigenvalue weighted by atomic mass is 16.1. The first kappa shape index (κ1) is 19.0. The van der Waals surface area contributed by atoms with E-state index in [1.54, 1.807) is 0 Å². The van der Waals surface area contributed by atoms with E-state index >= 15 is 0 Å². The zero-order valence-corrected chi connectivity index (χ0v) is 17.2. The van der Waals surface area contributed by atoms with Crippen LogP contribution in [-0.2, 0) is 10.2 Å². The largest absolute Gasteiger partial charge is 0.349 e. The van der Waals surface area contributed by atoms with E-state index in [-0.39, 0.29) is 17.4 Å². The summed E-state index contributed by atoms with van der Waals surface area (Å²) in [6.45, 7) is 8.26. The monoisotopic (exact) mass is 368 g/mol. The zero-order chi connectivity index (χ0) is 18.9. The first-order chi connectivity index (χ1) is 13.1. The molecular weight excluding hydrogens is 332 g/mol. The number of likely N-dealkylation sites (tertiary alicyclic amines) is 1. The van der Waals surface area contributed by atoms with Crippen LogP contribution in [0.15, 0.2) is 24.3 Å². The summed E-state index contributed by atoms with van der Waals surface area (Å²) in [5.41, 5.74) is 3.18. The number of carbonyl (C=O) groups is 1. The molecule has 1 aliphatic heterocycles. The second kappa shape index (κ2) is 7.95. The Balaban J connectivity index is 1.45. The molecule has 1 spiro atoms. The molecule has 1 aromatic rings. The number of fused-ring (bicyclic) bond motifs is 2. The number of piperidine rings is 1. The minimum atomic E-state index is 0.219. The van der Waals surface area contributed by atoms with Gasteiger partial charge in [0.05, 0.1) is 6.04 Å². The van der Waals surface area contributed by atoms with Gasteiger partial charge in [-0.1, -0.05) is 51.0 Å². The minimum Gasteiger partial charge on any atom is -0.349 e. The Kier molecular flexibility index (Phi) is 5.59. The highest BCUT2D eigenvalue weighted by Gasteiger charge is 2.45. The smallest absolute Gasteiger partial charge is 0.223 e. The Bertz CT molecular complexity index is 654. The Morgan fingerprint density at radius 1 is 1.19 bits per heavy atom. The summed E-state index contributed by atoms with van der Waals surface area (Å²) in [6.07, 6.45) is 9.46. The van der Waals surface area contributed by atoms with Gasteiger partial charge in [0, 0.05) is 11.3 Å². The number of carbonyl (C=O) groups excluding carboxylic acids is 1. The third kappa shape index (κ3) is 3.94. The molecule has 1 heterocycles. The van der Waals surface area contributed by atoms with Crippen molar-refractivity contribution in [3.05, 3.63) is 35.4 Å². The average molecular weight is 369 g/mol. The first-order valence-electron chi connectivity index (χ1n) is 11.2. The van der Waals surface area contributed by atoms with Crippen molar-refractivity contribution < 1.29 is 4.79 Å². The van der Waals surface area contributed by atoms with Crippen molar-refractivity contribution in [2.24, 2.45) is 11.8 Å². The van der Waals surface area contributed by atoms with Gasteiger partial charge < -0.3 is 10.2 Å². The van der Waals surface area contributed by atoms with Crippen LogP contribution in [0, 0.1) is 11.8 Å². The summed E-state index contributed by atoms with van der Waals surface area (Å²) >= 11 is 0. The van der Waals surface area contributed by atoms with Crippen molar-refractivity contribution >= 4 is 5.91 Å². The predicted molar refractivity (Wildman–Crippen MR) is 111 cm³/mol. The summed E-state index contributed by atoms with van der Waals surface area (Å²) in [7, 11) is 0. The molecule has 0 radical (unpaired) electrons. The highest BCUT2D eigenvalue weighted by molar-refractivity contribution is 5.79. The average Bonchev–Trinajstić information content (AvgIpc) is 3.30. The molecule has 1 saturated carbocycles. The van der Waals surface area contributed by atoms with Crippen LogP contribution in [0.25, 0.3) is 0 Å². The summed E-state index contributed by atoms with van der Waals surface area (Å²) in [5, 5.41) is 3.45. The fraction of sp³-hybridized carbons (Fsp3) is 0.708. The number of nitrogens with one attached hydrogen (secondary N) is 1. The van der Waals surface area contributed by atoms with Crippen LogP contribution >= 0.6 is 0 Å². The van der Waals surface area contributed by atoms with Crippen molar-refractivity contribution in [1.82, 2.24) is 10.2 Å². The van der Waals surface area contributed by atoms with Crippen LogP contribution in [0.2, 0.25) is 0 Å². The molecule has 1 atom stereocenters. The van der Waals surface area contributed by atoms with Gasteiger partial charge in [0.2, 0.25) is 5.91 Å². The zero-order valence-electron chi connectivity index (χ0n) is 17.2. The van der Waals surface area contributed by atoms with Gasteiger partial charge in [-0.25, -0.2) is 0 Å². The molecule has 4 rings (SSSR count). The van der Waals surface area contributed by atoms with E-state index in [4.69, 9.17) is 0 Å². The lowest BCUT2D eigenvalue weighted by Gasteiger charge is -2.40. The lowest BCUT2D eigenvalue weighted by molar-refractivity contribution is -0.125. The van der Waals surface area contributed by atoms with E-state index in [0.29, 0.717) is 5.91 Å². The lowest BCUT2D eigenvalue weighted by Crippen LogP contribution is -2.42. The lowest BCUT2D eigenvalue weighted by atomic mass is 9.73. The highest BCUT2D eigenvalue weighted by Crippen LogP contribution is 2.50. The van der Waals surface area contributed by atoms with E-state index < -0.39 is 0 Å². The third-order valence-corrected chi connectivity index (χ3v) is 7.38. The molecule has 0 unspecified atom stereocenters. The first-order valence-corrected chi connectivity index (χ1v) is 11.2. The summed E-state index contributed by atoms with van der Waals surface area (Å²) in [6, 6.07) is 9.14. The molecule has 0 bridgehead atoms. The molecule has 27 heavy (non-hydrogen) atoms. The third-order valence-electron chi connectivity index (χ3n) is 7.38. The fourth-order valence-electron chi connectivity index (χ4n) is 5.62. The second-order valence-electron chi connectivity index (χ2n) is 9.64. The van der Waals surface area contributed by atoms with Crippen LogP contribution in [0.4, 0.5) is 0 Å². The van der Waals surface area contributed by atoms with Crippen LogP contribution in [-0.4, -0.2) is 30.4 Å². The number of hydrogen-bond acceptors (Lipinski definition) is 2. The van der Waals surface area contributed by atoms with Crippen LogP contribution in [0.3, 0.4) is 0 Å². The molecule has 1 saturated heterocycles. The Morgan fingerprint density at radius 3 is 2.59 bits per heavy atom. The van der Waals surface area contributed by atoms with Gasteiger partial charge in [-0.15, -0.1) is 0 Å². The number of hydrogen-bond donors (Lipinski definition) is 1. The number of nitrogens with zero attached hydrogens (tertiary/aromatic N) is 1. The number of rotatable bonds is 5. The SMILES string of the molecule is CC(C)CCN1CCC2(CC1)C[C@H](NC(=O)C1CCCC1)c1ccccc12. The van der Waals surface area contributed by atoms with Gasteiger partial charge in [-0.05, 0) is 75.2 Å². The van der Waals surface area contributed by atoms with Gasteiger partial charge >= 0.3 is 0 Å². The molecule has 3 aliphatic rings. The topological polar surface area (TPSA) is 32.3 Å². The maximum atomic E-state index is 12.8. The second-order valence-corrected chi connectivity index (χ2v) is 9.64. The molecule has 1 aromatic carbocycles. The summed E-state index contributed by atoms with van der Waals surface area (Å²) in [5.74, 6) is 1.34. The van der Waals surface area contributed by atoms with E-state index in [1.165, 1.54) is 62.9 Å². The molecular formula is C24H36N2O. The maximum Gasteiger partial charge on any atom is 0.223 e. The van der Waals surface area contributed by atoms with Gasteiger partial charge in [0.15, 0.2) is 0 Å². The van der Waals surface area contributed by atoms with E-state index in [2.05, 4.69) is 48.3 Å². The molecule has 2 fully saturated rings. The van der Waals surface area contributed by atoms with E-state index in [1.807, 2.05) is 0 Å². The number of benzene rings is 1. The van der Waals surface area contributed by atoms with Gasteiger partial charge in [0.25, 0.3) is 0 Å². The summed E-state index contributed by atoms with van der Waals surface area (Å²) < 4.78 is 0. The Morgan fingerprint density at radius 2 is 1.89 bits per heavy atom. The van der Waals surface area contributed by atoms with Crippen molar-refractivity contribution in [3.8, 4) is 0 Å². The molecule has 0 aromatic heterocycles. The molecule has 3 nitrogen and oxygen atoms in total. The fourth-order valence-corrected chi connectivity index (χ4v) is 5.62. The van der Waals surface area contributed by atoms with Gasteiger partial charge in [0.1, 0.15) is 0 Å². The van der Waals surface area contributed by atoms with Crippen LogP contribution in [0.5, 0.6) is 0 Å². The van der Waals surface area contributed by atoms with Crippen LogP contribution < -0.4 is 5.32 Å². The van der Waals surface area contributed by atoms with Crippen molar-refractivity contribution in [2.45, 2.75) is 76.7 Å². The van der Waals surface area contributed by atoms with Crippen molar-refractivity contribution in [1.29, 1.82) is 0 Å². The quantitative estimate of drug-likeness (QED) is 0.808. The molecule has 3 heteroatoms. The van der Waals surface area contributed by atoms with Crippen molar-refractivity contribution in [3.63, 3.8) is 0 Å².